The summed E-state index contributed by atoms with van der Waals surface area (Å²) in [5.41, 5.74) is 2.80. The lowest BCUT2D eigenvalue weighted by Gasteiger charge is -2.28. The van der Waals surface area contributed by atoms with Crippen molar-refractivity contribution in [3.8, 4) is 0 Å². The average Bonchev–Trinajstić information content (AvgIpc) is 3.42. The second-order valence-corrected chi connectivity index (χ2v) is 7.99. The molecule has 1 aliphatic rings. The fourth-order valence-corrected chi connectivity index (χ4v) is 4.08. The molecule has 2 aromatic heterocycles. The van der Waals surface area contributed by atoms with Gasteiger partial charge < -0.3 is 14.3 Å². The van der Waals surface area contributed by atoms with Crippen molar-refractivity contribution in [2.24, 2.45) is 15.9 Å². The molecule has 4 aromatic rings. The Hall–Kier alpha value is -3.79. The van der Waals surface area contributed by atoms with Crippen LogP contribution in [0, 0.1) is 5.92 Å². The van der Waals surface area contributed by atoms with Crippen molar-refractivity contribution in [1.82, 2.24) is 10.1 Å². The number of oxazole rings is 1. The number of hydrogen-bond donors (Lipinski definition) is 2. The first-order valence-corrected chi connectivity index (χ1v) is 10.6. The number of carbonyl (C=O) groups is 1. The molecule has 3 heterocycles. The minimum absolute atomic E-state index is 0.276. The maximum atomic E-state index is 13.1. The minimum Gasteiger partial charge on any atom is -0.423 e. The minimum atomic E-state index is -0.653. The molecule has 9 nitrogen and oxygen atoms in total. The number of aromatic nitrogens is 2. The van der Waals surface area contributed by atoms with Gasteiger partial charge in [-0.2, -0.15) is 4.98 Å². The van der Waals surface area contributed by atoms with Gasteiger partial charge in [0.1, 0.15) is 17.7 Å². The fourth-order valence-electron chi connectivity index (χ4n) is 3.56. The Balaban J connectivity index is 1.50. The van der Waals surface area contributed by atoms with E-state index in [1.165, 1.54) is 6.26 Å². The molecule has 0 bridgehead atoms. The van der Waals surface area contributed by atoms with E-state index in [0.717, 1.165) is 15.6 Å². The van der Waals surface area contributed by atoms with E-state index in [9.17, 15) is 4.79 Å². The van der Waals surface area contributed by atoms with Gasteiger partial charge in [0.2, 0.25) is 11.9 Å². The monoisotopic (exact) mass is 492 g/mol. The van der Waals surface area contributed by atoms with Gasteiger partial charge in [0.15, 0.2) is 11.4 Å². The molecule has 1 aliphatic heterocycles. The van der Waals surface area contributed by atoms with E-state index in [0.29, 0.717) is 23.1 Å². The molecule has 0 saturated carbocycles. The number of anilines is 2. The molecule has 2 N–H and O–H groups in total. The number of guanidine groups is 1. The number of fused-ring (bicyclic) bond motifs is 1. The van der Waals surface area contributed by atoms with Gasteiger partial charge >= 0.3 is 6.01 Å². The van der Waals surface area contributed by atoms with Gasteiger partial charge in [0.25, 0.3) is 0 Å². The van der Waals surface area contributed by atoms with Crippen LogP contribution >= 0.6 is 15.9 Å². The van der Waals surface area contributed by atoms with Crippen molar-refractivity contribution >= 4 is 56.4 Å². The zero-order valence-electron chi connectivity index (χ0n) is 16.8. The third kappa shape index (κ3) is 3.92. The Morgan fingerprint density at radius 2 is 1.91 bits per heavy atom. The average molecular weight is 493 g/mol. The second kappa shape index (κ2) is 8.39. The van der Waals surface area contributed by atoms with Crippen molar-refractivity contribution in [2.45, 2.75) is 13.0 Å². The normalized spacial score (nSPS) is 18.2. The lowest BCUT2D eigenvalue weighted by Crippen LogP contribution is -2.37. The van der Waals surface area contributed by atoms with Gasteiger partial charge in [-0.25, -0.2) is 9.98 Å². The van der Waals surface area contributed by atoms with Crippen LogP contribution in [0.1, 0.15) is 18.5 Å². The third-order valence-electron chi connectivity index (χ3n) is 5.02. The highest BCUT2D eigenvalue weighted by Crippen LogP contribution is 2.36. The van der Waals surface area contributed by atoms with Gasteiger partial charge in [-0.1, -0.05) is 51.4 Å². The molecule has 2 aromatic carbocycles. The Morgan fingerprint density at radius 1 is 1.09 bits per heavy atom. The lowest BCUT2D eigenvalue weighted by molar-refractivity contribution is -0.118. The molecule has 5 rings (SSSR count). The van der Waals surface area contributed by atoms with Crippen LogP contribution in [0.4, 0.5) is 11.8 Å². The first-order chi connectivity index (χ1) is 15.6. The van der Waals surface area contributed by atoms with E-state index < -0.39 is 12.0 Å². The number of rotatable bonds is 4. The van der Waals surface area contributed by atoms with Gasteiger partial charge in [-0.05, 0) is 30.7 Å². The molecular formula is C22H17BrN6O3. The standard InChI is InChI=1S/C22H17BrN6O3/c1-12-18(20(30)26-17-10-11-31-29-17)19(13-6-2-3-7-14(13)23)27-21(24-12)28-22-25-15-8-4-5-9-16(15)32-22/h2-11,18-19H,1H3,(H,25,27,28)(H,26,29,30). The first-order valence-electron chi connectivity index (χ1n) is 9.80. The number of nitrogens with zero attached hydrogens (tertiary/aromatic N) is 4. The summed E-state index contributed by atoms with van der Waals surface area (Å²) >= 11 is 3.58. The van der Waals surface area contributed by atoms with Crippen molar-refractivity contribution < 1.29 is 13.7 Å². The topological polar surface area (TPSA) is 118 Å². The summed E-state index contributed by atoms with van der Waals surface area (Å²) in [5, 5.41) is 9.56. The van der Waals surface area contributed by atoms with Crippen LogP contribution < -0.4 is 10.6 Å². The van der Waals surface area contributed by atoms with E-state index >= 15 is 0 Å². The Labute approximate surface area is 190 Å². The summed E-state index contributed by atoms with van der Waals surface area (Å²) in [6, 6.07) is 16.4. The molecule has 0 saturated heterocycles. The highest BCUT2D eigenvalue weighted by molar-refractivity contribution is 9.10. The van der Waals surface area contributed by atoms with Crippen molar-refractivity contribution in [3.05, 3.63) is 70.9 Å². The van der Waals surface area contributed by atoms with Crippen LogP contribution in [0.15, 0.2) is 84.3 Å². The smallest absolute Gasteiger partial charge is 0.302 e. The van der Waals surface area contributed by atoms with E-state index in [-0.39, 0.29) is 11.9 Å². The molecule has 2 atom stereocenters. The Kier molecular flexibility index (Phi) is 5.28. The van der Waals surface area contributed by atoms with Crippen LogP contribution in [0.5, 0.6) is 0 Å². The third-order valence-corrected chi connectivity index (χ3v) is 5.74. The number of benzene rings is 2. The van der Waals surface area contributed by atoms with Crippen LogP contribution in [0.25, 0.3) is 11.1 Å². The molecule has 0 fully saturated rings. The first kappa shape index (κ1) is 20.1. The Morgan fingerprint density at radius 3 is 2.69 bits per heavy atom. The van der Waals surface area contributed by atoms with Gasteiger partial charge in [-0.3, -0.25) is 10.1 Å². The number of halogens is 1. The Bertz CT molecular complexity index is 1310. The highest BCUT2D eigenvalue weighted by Gasteiger charge is 2.36. The zero-order chi connectivity index (χ0) is 22.1. The summed E-state index contributed by atoms with van der Waals surface area (Å²) < 4.78 is 11.4. The summed E-state index contributed by atoms with van der Waals surface area (Å²) in [4.78, 5) is 26.8. The second-order valence-electron chi connectivity index (χ2n) is 7.14. The van der Waals surface area contributed by atoms with Crippen molar-refractivity contribution in [3.63, 3.8) is 0 Å². The quantitative estimate of drug-likeness (QED) is 0.421. The molecule has 10 heteroatoms. The molecule has 0 aliphatic carbocycles. The van der Waals surface area contributed by atoms with Crippen LogP contribution in [0.2, 0.25) is 0 Å². The molecule has 160 valence electrons. The van der Waals surface area contributed by atoms with Gasteiger partial charge in [0.05, 0.1) is 6.04 Å². The van der Waals surface area contributed by atoms with Crippen molar-refractivity contribution in [2.75, 3.05) is 10.6 Å². The van der Waals surface area contributed by atoms with E-state index in [1.807, 2.05) is 48.5 Å². The largest absolute Gasteiger partial charge is 0.423 e. The number of para-hydroxylation sites is 2. The van der Waals surface area contributed by atoms with E-state index in [1.54, 1.807) is 13.0 Å². The van der Waals surface area contributed by atoms with Gasteiger partial charge in [0, 0.05) is 16.3 Å². The highest BCUT2D eigenvalue weighted by atomic mass is 79.9. The number of amides is 1. The fraction of sp³-hybridized carbons (Fsp3) is 0.136. The van der Waals surface area contributed by atoms with Crippen LogP contribution in [-0.2, 0) is 4.79 Å². The van der Waals surface area contributed by atoms with Crippen LogP contribution in [-0.4, -0.2) is 27.7 Å². The van der Waals surface area contributed by atoms with Crippen LogP contribution in [0.3, 0.4) is 0 Å². The molecule has 32 heavy (non-hydrogen) atoms. The molecule has 2 unspecified atom stereocenters. The lowest BCUT2D eigenvalue weighted by atomic mass is 9.88. The zero-order valence-corrected chi connectivity index (χ0v) is 18.4. The summed E-state index contributed by atoms with van der Waals surface area (Å²) in [6.45, 7) is 1.79. The SMILES string of the molecule is CC1=NC(Nc2nc3ccccc3o2)=NC(c2ccccc2Br)C1C(=O)Nc1ccon1. The number of hydrogen-bond acceptors (Lipinski definition) is 8. The molecule has 0 radical (unpaired) electrons. The maximum Gasteiger partial charge on any atom is 0.302 e. The number of nitrogens with one attached hydrogen (secondary N) is 2. The maximum absolute atomic E-state index is 13.1. The molecule has 1 amide bonds. The molecular weight excluding hydrogens is 476 g/mol. The summed E-state index contributed by atoms with van der Waals surface area (Å²) in [5.74, 6) is -0.307. The number of carbonyl (C=O) groups excluding carboxylic acids is 1. The van der Waals surface area contributed by atoms with E-state index in [4.69, 9.17) is 13.9 Å². The predicted molar refractivity (Wildman–Crippen MR) is 124 cm³/mol. The van der Waals surface area contributed by atoms with E-state index in [2.05, 4.69) is 41.7 Å². The molecule has 0 spiro atoms. The summed E-state index contributed by atoms with van der Waals surface area (Å²) in [6.07, 6.45) is 1.39. The predicted octanol–water partition coefficient (Wildman–Crippen LogP) is 4.82. The number of aliphatic imine (C=N–C) groups is 2. The summed E-state index contributed by atoms with van der Waals surface area (Å²) in [7, 11) is 0. The van der Waals surface area contributed by atoms with Crippen molar-refractivity contribution in [1.29, 1.82) is 0 Å². The van der Waals surface area contributed by atoms with Gasteiger partial charge in [-0.15, -0.1) is 0 Å².